The van der Waals surface area contributed by atoms with Crippen molar-refractivity contribution in [1.29, 1.82) is 0 Å². The summed E-state index contributed by atoms with van der Waals surface area (Å²) in [5.74, 6) is 1.73. The summed E-state index contributed by atoms with van der Waals surface area (Å²) < 4.78 is 0. The topological polar surface area (TPSA) is 65.1 Å². The summed E-state index contributed by atoms with van der Waals surface area (Å²) in [6.45, 7) is 5.96. The van der Waals surface area contributed by atoms with E-state index in [-0.39, 0.29) is 0 Å². The Labute approximate surface area is 115 Å². The number of nitrogens with one attached hydrogen (secondary N) is 3. The summed E-state index contributed by atoms with van der Waals surface area (Å²) in [5, 5.41) is 9.84. The third-order valence-electron chi connectivity index (χ3n) is 3.30. The number of aromatic nitrogens is 2. The number of rotatable bonds is 7. The molecular formula is C13H24N6. The van der Waals surface area contributed by atoms with E-state index in [1.54, 1.807) is 0 Å². The monoisotopic (exact) mass is 264 g/mol. The first-order valence-electron chi connectivity index (χ1n) is 6.94. The first-order chi connectivity index (χ1) is 9.22. The molecular weight excluding hydrogens is 240 g/mol. The van der Waals surface area contributed by atoms with Crippen LogP contribution in [0, 0.1) is 0 Å². The molecule has 0 radical (unpaired) electrons. The minimum atomic E-state index is 0.495. The van der Waals surface area contributed by atoms with Crippen molar-refractivity contribution >= 4 is 11.8 Å². The maximum atomic E-state index is 4.60. The fourth-order valence-corrected chi connectivity index (χ4v) is 1.89. The highest BCUT2D eigenvalue weighted by atomic mass is 15.3. The number of nitrogens with zero attached hydrogens (tertiary/aromatic N) is 3. The molecule has 1 aromatic rings. The molecule has 2 rings (SSSR count). The van der Waals surface area contributed by atoms with Crippen LogP contribution in [0.5, 0.6) is 0 Å². The van der Waals surface area contributed by atoms with E-state index in [2.05, 4.69) is 37.7 Å². The second-order valence-corrected chi connectivity index (χ2v) is 4.92. The van der Waals surface area contributed by atoms with E-state index in [0.29, 0.717) is 6.04 Å². The van der Waals surface area contributed by atoms with Crippen molar-refractivity contribution in [2.45, 2.75) is 19.4 Å². The number of hydrogen-bond acceptors (Lipinski definition) is 6. The number of hydrogen-bond donors (Lipinski definition) is 3. The first-order valence-corrected chi connectivity index (χ1v) is 6.94. The Kier molecular flexibility index (Phi) is 4.93. The normalized spacial score (nSPS) is 15.1. The fraction of sp³-hybridized carbons (Fsp3) is 0.692. The molecule has 0 bridgehead atoms. The van der Waals surface area contributed by atoms with Crippen LogP contribution in [0.2, 0.25) is 0 Å². The van der Waals surface area contributed by atoms with Gasteiger partial charge in [0, 0.05) is 45.0 Å². The van der Waals surface area contributed by atoms with Crippen LogP contribution in [0.25, 0.3) is 0 Å². The zero-order chi connectivity index (χ0) is 13.7. The van der Waals surface area contributed by atoms with E-state index >= 15 is 0 Å². The summed E-state index contributed by atoms with van der Waals surface area (Å²) in [4.78, 5) is 11.3. The number of aryl methyl sites for hydroxylation is 1. The van der Waals surface area contributed by atoms with E-state index < -0.39 is 0 Å². The van der Waals surface area contributed by atoms with Gasteiger partial charge in [0.05, 0.1) is 6.04 Å². The molecule has 6 heteroatoms. The lowest BCUT2D eigenvalue weighted by molar-refractivity contribution is 0.471. The summed E-state index contributed by atoms with van der Waals surface area (Å²) in [7, 11) is 3.98. The molecule has 1 aromatic heterocycles. The fourth-order valence-electron chi connectivity index (χ4n) is 1.89. The van der Waals surface area contributed by atoms with Crippen molar-refractivity contribution < 1.29 is 0 Å². The second-order valence-electron chi connectivity index (χ2n) is 4.92. The Bertz CT molecular complexity index is 404. The number of anilines is 2. The molecule has 106 valence electrons. The van der Waals surface area contributed by atoms with Crippen LogP contribution in [0.15, 0.2) is 6.07 Å². The third kappa shape index (κ3) is 3.78. The van der Waals surface area contributed by atoms with Crippen molar-refractivity contribution in [3.63, 3.8) is 0 Å². The van der Waals surface area contributed by atoms with Gasteiger partial charge in [0.25, 0.3) is 0 Å². The van der Waals surface area contributed by atoms with Crippen molar-refractivity contribution in [3.05, 3.63) is 11.8 Å². The third-order valence-corrected chi connectivity index (χ3v) is 3.30. The van der Waals surface area contributed by atoms with Gasteiger partial charge in [0.1, 0.15) is 5.82 Å². The molecule has 1 aliphatic rings. The van der Waals surface area contributed by atoms with Crippen molar-refractivity contribution in [1.82, 2.24) is 20.6 Å². The van der Waals surface area contributed by atoms with Gasteiger partial charge in [-0.3, -0.25) is 0 Å². The molecule has 1 aliphatic heterocycles. The van der Waals surface area contributed by atoms with Crippen LogP contribution >= 0.6 is 0 Å². The standard InChI is InChI=1S/C13H24N6/c1-4-10-7-12(16-11-8-15-9-11)18-13(17-10)19(3)6-5-14-2/h7,11,14-15H,4-6,8-9H2,1-3H3,(H,16,17,18). The van der Waals surface area contributed by atoms with E-state index in [0.717, 1.165) is 50.1 Å². The molecule has 0 unspecified atom stereocenters. The molecule has 19 heavy (non-hydrogen) atoms. The van der Waals surface area contributed by atoms with Crippen LogP contribution in [0.1, 0.15) is 12.6 Å². The molecule has 2 heterocycles. The van der Waals surface area contributed by atoms with E-state index in [1.807, 2.05) is 20.2 Å². The molecule has 0 amide bonds. The van der Waals surface area contributed by atoms with Crippen molar-refractivity contribution in [2.24, 2.45) is 0 Å². The average Bonchev–Trinajstić information content (AvgIpc) is 2.39. The highest BCUT2D eigenvalue weighted by molar-refractivity contribution is 5.44. The summed E-state index contributed by atoms with van der Waals surface area (Å²) >= 11 is 0. The van der Waals surface area contributed by atoms with Gasteiger partial charge in [0.15, 0.2) is 0 Å². The summed E-state index contributed by atoms with van der Waals surface area (Å²) in [5.41, 5.74) is 1.08. The molecule has 1 saturated heterocycles. The van der Waals surface area contributed by atoms with Gasteiger partial charge in [-0.05, 0) is 13.5 Å². The summed E-state index contributed by atoms with van der Waals surface area (Å²) in [6, 6.07) is 2.54. The molecule has 0 aliphatic carbocycles. The Balaban J connectivity index is 2.09. The van der Waals surface area contributed by atoms with Gasteiger partial charge >= 0.3 is 0 Å². The molecule has 6 nitrogen and oxygen atoms in total. The van der Waals surface area contributed by atoms with E-state index in [4.69, 9.17) is 0 Å². The highest BCUT2D eigenvalue weighted by Gasteiger charge is 2.17. The lowest BCUT2D eigenvalue weighted by atomic mass is 10.2. The maximum Gasteiger partial charge on any atom is 0.227 e. The van der Waals surface area contributed by atoms with Crippen LogP contribution in [-0.4, -0.2) is 56.3 Å². The Morgan fingerprint density at radius 3 is 2.79 bits per heavy atom. The van der Waals surface area contributed by atoms with Gasteiger partial charge in [-0.1, -0.05) is 6.92 Å². The first kappa shape index (κ1) is 14.0. The largest absolute Gasteiger partial charge is 0.365 e. The van der Waals surface area contributed by atoms with Gasteiger partial charge < -0.3 is 20.9 Å². The van der Waals surface area contributed by atoms with Gasteiger partial charge in [0.2, 0.25) is 5.95 Å². The molecule has 1 fully saturated rings. The van der Waals surface area contributed by atoms with E-state index in [9.17, 15) is 0 Å². The van der Waals surface area contributed by atoms with Gasteiger partial charge in [-0.15, -0.1) is 0 Å². The molecule has 0 aromatic carbocycles. The van der Waals surface area contributed by atoms with Crippen LogP contribution in [0.4, 0.5) is 11.8 Å². The maximum absolute atomic E-state index is 4.60. The van der Waals surface area contributed by atoms with Crippen LogP contribution < -0.4 is 20.9 Å². The minimum Gasteiger partial charge on any atom is -0.365 e. The molecule has 0 saturated carbocycles. The summed E-state index contributed by atoms with van der Waals surface area (Å²) in [6.07, 6.45) is 0.924. The zero-order valence-electron chi connectivity index (χ0n) is 12.0. The predicted molar refractivity (Wildman–Crippen MR) is 78.9 cm³/mol. The van der Waals surface area contributed by atoms with E-state index in [1.165, 1.54) is 0 Å². The zero-order valence-corrected chi connectivity index (χ0v) is 12.0. The smallest absolute Gasteiger partial charge is 0.227 e. The van der Waals surface area contributed by atoms with Crippen molar-refractivity contribution in [2.75, 3.05) is 50.5 Å². The predicted octanol–water partition coefficient (Wildman–Crippen LogP) is 0.0783. The van der Waals surface area contributed by atoms with Crippen LogP contribution in [-0.2, 0) is 6.42 Å². The minimum absolute atomic E-state index is 0.495. The lowest BCUT2D eigenvalue weighted by Gasteiger charge is -2.29. The highest BCUT2D eigenvalue weighted by Crippen LogP contribution is 2.15. The average molecular weight is 264 g/mol. The lowest BCUT2D eigenvalue weighted by Crippen LogP contribution is -2.51. The van der Waals surface area contributed by atoms with Gasteiger partial charge in [-0.2, -0.15) is 4.98 Å². The van der Waals surface area contributed by atoms with Crippen LogP contribution in [0.3, 0.4) is 0 Å². The molecule has 0 atom stereocenters. The molecule has 3 N–H and O–H groups in total. The quantitative estimate of drug-likeness (QED) is 0.648. The molecule has 0 spiro atoms. The van der Waals surface area contributed by atoms with Crippen molar-refractivity contribution in [3.8, 4) is 0 Å². The Hall–Kier alpha value is -1.40. The number of likely N-dealkylation sites (N-methyl/N-ethyl adjacent to an activating group) is 2. The Morgan fingerprint density at radius 2 is 2.21 bits per heavy atom. The van der Waals surface area contributed by atoms with Gasteiger partial charge in [-0.25, -0.2) is 4.98 Å². The second kappa shape index (κ2) is 6.68. The SMILES string of the molecule is CCc1cc(NC2CNC2)nc(N(C)CCNC)n1. The Morgan fingerprint density at radius 1 is 1.42 bits per heavy atom.